The van der Waals surface area contributed by atoms with E-state index in [2.05, 4.69) is 15.3 Å². The third-order valence-corrected chi connectivity index (χ3v) is 3.09. The Kier molecular flexibility index (Phi) is 3.03. The second-order valence-corrected chi connectivity index (χ2v) is 4.77. The van der Waals surface area contributed by atoms with Crippen LogP contribution in [-0.2, 0) is 6.54 Å². The molecule has 0 spiro atoms. The Balaban J connectivity index is 1.74. The number of nitrogens with one attached hydrogen (secondary N) is 2. The van der Waals surface area contributed by atoms with Gasteiger partial charge in [0.15, 0.2) is 0 Å². The van der Waals surface area contributed by atoms with Crippen molar-refractivity contribution in [3.8, 4) is 0 Å². The summed E-state index contributed by atoms with van der Waals surface area (Å²) in [7, 11) is 0. The summed E-state index contributed by atoms with van der Waals surface area (Å²) < 4.78 is 13.0. The van der Waals surface area contributed by atoms with E-state index in [4.69, 9.17) is 0 Å². The fourth-order valence-corrected chi connectivity index (χ4v) is 1.96. The highest BCUT2D eigenvalue weighted by molar-refractivity contribution is 5.35. The number of aromatic nitrogens is 2. The van der Waals surface area contributed by atoms with E-state index in [0.29, 0.717) is 18.3 Å². The minimum Gasteiger partial charge on any atom is -0.366 e. The van der Waals surface area contributed by atoms with Gasteiger partial charge in [0.1, 0.15) is 17.5 Å². The smallest absolute Gasteiger partial charge is 0.252 e. The number of nitrogens with zero attached hydrogens (tertiary/aromatic N) is 1. The lowest BCUT2D eigenvalue weighted by Crippen LogP contribution is -2.13. The van der Waals surface area contributed by atoms with Crippen molar-refractivity contribution in [2.24, 2.45) is 0 Å². The van der Waals surface area contributed by atoms with Gasteiger partial charge in [-0.3, -0.25) is 4.79 Å². The molecule has 98 valence electrons. The highest BCUT2D eigenvalue weighted by Gasteiger charge is 2.26. The molecule has 1 aromatic carbocycles. The average molecular weight is 259 g/mol. The molecule has 2 N–H and O–H groups in total. The van der Waals surface area contributed by atoms with Gasteiger partial charge in [-0.1, -0.05) is 12.1 Å². The maximum Gasteiger partial charge on any atom is 0.252 e. The van der Waals surface area contributed by atoms with Crippen LogP contribution in [0, 0.1) is 5.82 Å². The lowest BCUT2D eigenvalue weighted by molar-refractivity contribution is 0.626. The van der Waals surface area contributed by atoms with Crippen LogP contribution in [-0.4, -0.2) is 9.97 Å². The van der Waals surface area contributed by atoms with Gasteiger partial charge in [-0.05, 0) is 30.5 Å². The first-order chi connectivity index (χ1) is 9.20. The Bertz CT molecular complexity index is 649. The molecule has 0 atom stereocenters. The van der Waals surface area contributed by atoms with Crippen molar-refractivity contribution in [3.63, 3.8) is 0 Å². The fraction of sp³-hybridized carbons (Fsp3) is 0.286. The Hall–Kier alpha value is -2.17. The number of anilines is 1. The van der Waals surface area contributed by atoms with Gasteiger partial charge in [-0.25, -0.2) is 9.37 Å². The van der Waals surface area contributed by atoms with Gasteiger partial charge >= 0.3 is 0 Å². The zero-order valence-corrected chi connectivity index (χ0v) is 10.3. The molecule has 1 heterocycles. The molecule has 1 fully saturated rings. The predicted molar refractivity (Wildman–Crippen MR) is 70.6 cm³/mol. The van der Waals surface area contributed by atoms with Crippen molar-refractivity contribution in [2.45, 2.75) is 25.3 Å². The van der Waals surface area contributed by atoms with Gasteiger partial charge in [0.2, 0.25) is 0 Å². The van der Waals surface area contributed by atoms with Crippen LogP contribution in [0.5, 0.6) is 0 Å². The standard InChI is InChI=1S/C14H14FN3O/c15-11-3-1-2-9(6-11)8-16-12-7-13(19)18-14(17-12)10-4-5-10/h1-3,6-7,10H,4-5,8H2,(H2,16,17,18,19). The van der Waals surface area contributed by atoms with E-state index in [0.717, 1.165) is 24.2 Å². The summed E-state index contributed by atoms with van der Waals surface area (Å²) in [5.41, 5.74) is 0.661. The summed E-state index contributed by atoms with van der Waals surface area (Å²) >= 11 is 0. The summed E-state index contributed by atoms with van der Waals surface area (Å²) in [6.45, 7) is 0.443. The van der Waals surface area contributed by atoms with E-state index < -0.39 is 0 Å². The molecule has 1 aliphatic carbocycles. The predicted octanol–water partition coefficient (Wildman–Crippen LogP) is 2.40. The first-order valence-electron chi connectivity index (χ1n) is 6.30. The van der Waals surface area contributed by atoms with Crippen LogP contribution >= 0.6 is 0 Å². The third kappa shape index (κ3) is 2.99. The molecule has 0 bridgehead atoms. The molecule has 4 nitrogen and oxygen atoms in total. The Morgan fingerprint density at radius 2 is 2.21 bits per heavy atom. The van der Waals surface area contributed by atoms with E-state index >= 15 is 0 Å². The molecule has 0 saturated heterocycles. The topological polar surface area (TPSA) is 57.8 Å². The van der Waals surface area contributed by atoms with Crippen molar-refractivity contribution < 1.29 is 4.39 Å². The zero-order chi connectivity index (χ0) is 13.2. The maximum atomic E-state index is 13.0. The minimum atomic E-state index is -0.267. The second-order valence-electron chi connectivity index (χ2n) is 4.77. The average Bonchev–Trinajstić information content (AvgIpc) is 3.20. The van der Waals surface area contributed by atoms with E-state index in [9.17, 15) is 9.18 Å². The number of H-pyrrole nitrogens is 1. The maximum absolute atomic E-state index is 13.0. The largest absolute Gasteiger partial charge is 0.366 e. The van der Waals surface area contributed by atoms with Crippen molar-refractivity contribution >= 4 is 5.82 Å². The van der Waals surface area contributed by atoms with E-state index in [-0.39, 0.29) is 11.4 Å². The summed E-state index contributed by atoms with van der Waals surface area (Å²) in [6.07, 6.45) is 2.16. The SMILES string of the molecule is O=c1cc(NCc2cccc(F)c2)nc(C2CC2)[nH]1. The van der Waals surface area contributed by atoms with Gasteiger partial charge in [0.25, 0.3) is 5.56 Å². The molecule has 1 aromatic heterocycles. The summed E-state index contributed by atoms with van der Waals surface area (Å²) in [4.78, 5) is 18.6. The van der Waals surface area contributed by atoms with Crippen molar-refractivity contribution in [3.05, 3.63) is 57.9 Å². The van der Waals surface area contributed by atoms with Gasteiger partial charge in [-0.15, -0.1) is 0 Å². The molecule has 0 unspecified atom stereocenters. The van der Waals surface area contributed by atoms with Crippen LogP contribution in [0.15, 0.2) is 35.1 Å². The van der Waals surface area contributed by atoms with Crippen molar-refractivity contribution in [1.29, 1.82) is 0 Å². The zero-order valence-electron chi connectivity index (χ0n) is 10.3. The first-order valence-corrected chi connectivity index (χ1v) is 6.30. The number of benzene rings is 1. The summed E-state index contributed by atoms with van der Waals surface area (Å²) in [5, 5.41) is 3.05. The van der Waals surface area contributed by atoms with Gasteiger partial charge in [0.05, 0.1) is 0 Å². The van der Waals surface area contributed by atoms with Crippen LogP contribution in [0.2, 0.25) is 0 Å². The number of aromatic amines is 1. The monoisotopic (exact) mass is 259 g/mol. The van der Waals surface area contributed by atoms with Gasteiger partial charge in [0, 0.05) is 18.5 Å². The van der Waals surface area contributed by atoms with E-state index in [1.807, 2.05) is 6.07 Å². The molecular weight excluding hydrogens is 245 g/mol. The molecule has 19 heavy (non-hydrogen) atoms. The second kappa shape index (κ2) is 4.84. The van der Waals surface area contributed by atoms with Gasteiger partial charge < -0.3 is 10.3 Å². The van der Waals surface area contributed by atoms with Crippen LogP contribution in [0.1, 0.15) is 30.1 Å². The molecule has 5 heteroatoms. The number of hydrogen-bond acceptors (Lipinski definition) is 3. The molecule has 2 aromatic rings. The molecule has 1 saturated carbocycles. The first kappa shape index (κ1) is 11.9. The van der Waals surface area contributed by atoms with E-state index in [1.165, 1.54) is 18.2 Å². The highest BCUT2D eigenvalue weighted by Crippen LogP contribution is 2.37. The number of rotatable bonds is 4. The molecule has 0 aliphatic heterocycles. The summed E-state index contributed by atoms with van der Waals surface area (Å²) in [5.74, 6) is 1.41. The minimum absolute atomic E-state index is 0.154. The molecule has 3 rings (SSSR count). The Morgan fingerprint density at radius 1 is 1.37 bits per heavy atom. The summed E-state index contributed by atoms with van der Waals surface area (Å²) in [6, 6.07) is 7.77. The Labute approximate surface area is 109 Å². The Morgan fingerprint density at radius 3 is 2.95 bits per heavy atom. The van der Waals surface area contributed by atoms with Crippen molar-refractivity contribution in [1.82, 2.24) is 9.97 Å². The highest BCUT2D eigenvalue weighted by atomic mass is 19.1. The molecule has 0 amide bonds. The van der Waals surface area contributed by atoms with Crippen LogP contribution in [0.4, 0.5) is 10.2 Å². The lowest BCUT2D eigenvalue weighted by atomic mass is 10.2. The normalized spacial score (nSPS) is 14.4. The van der Waals surface area contributed by atoms with Crippen LogP contribution < -0.4 is 10.9 Å². The quantitative estimate of drug-likeness (QED) is 0.886. The van der Waals surface area contributed by atoms with Crippen LogP contribution in [0.25, 0.3) is 0 Å². The molecular formula is C14H14FN3O. The lowest BCUT2D eigenvalue weighted by Gasteiger charge is -2.07. The molecule has 1 aliphatic rings. The van der Waals surface area contributed by atoms with E-state index in [1.54, 1.807) is 6.07 Å². The molecule has 0 radical (unpaired) electrons. The number of halogens is 1. The number of hydrogen-bond donors (Lipinski definition) is 2. The van der Waals surface area contributed by atoms with Crippen molar-refractivity contribution in [2.75, 3.05) is 5.32 Å². The van der Waals surface area contributed by atoms with Gasteiger partial charge in [-0.2, -0.15) is 0 Å². The van der Waals surface area contributed by atoms with Crippen LogP contribution in [0.3, 0.4) is 0 Å². The fourth-order valence-electron chi connectivity index (χ4n) is 1.96. The third-order valence-electron chi connectivity index (χ3n) is 3.09.